The molecule has 5 heteroatoms. The van der Waals surface area contributed by atoms with Crippen LogP contribution in [0.2, 0.25) is 0 Å². The minimum absolute atomic E-state index is 0.396. The molecule has 0 aliphatic rings. The highest BCUT2D eigenvalue weighted by Crippen LogP contribution is 2.10. The van der Waals surface area contributed by atoms with Crippen LogP contribution in [0.3, 0.4) is 0 Å². The number of carbonyl (C=O) groups is 1. The topological polar surface area (TPSA) is 59.6 Å². The fraction of sp³-hybridized carbons (Fsp3) is 0.611. The van der Waals surface area contributed by atoms with Crippen LogP contribution in [0.4, 0.5) is 4.79 Å². The van der Waals surface area contributed by atoms with Gasteiger partial charge in [-0.1, -0.05) is 24.3 Å². The lowest BCUT2D eigenvalue weighted by molar-refractivity contribution is 0.0472. The maximum Gasteiger partial charge on any atom is 0.408 e. The second kappa shape index (κ2) is 8.31. The Morgan fingerprint density at radius 3 is 2.39 bits per heavy atom. The van der Waals surface area contributed by atoms with Gasteiger partial charge in [-0.05, 0) is 45.7 Å². The number of alkyl carbamates (subject to hydrolysis) is 1. The molecule has 130 valence electrons. The van der Waals surface area contributed by atoms with Crippen molar-refractivity contribution in [3.05, 3.63) is 35.4 Å². The van der Waals surface area contributed by atoms with Gasteiger partial charge in [-0.3, -0.25) is 0 Å². The summed E-state index contributed by atoms with van der Waals surface area (Å²) in [6.07, 6.45) is -0.397. The average Bonchev–Trinajstić information content (AvgIpc) is 2.36. The minimum atomic E-state index is -0.491. The quantitative estimate of drug-likeness (QED) is 0.809. The molecule has 0 saturated carbocycles. The smallest absolute Gasteiger partial charge is 0.408 e. The number of benzene rings is 1. The highest BCUT2D eigenvalue weighted by Gasteiger charge is 2.24. The van der Waals surface area contributed by atoms with Crippen LogP contribution >= 0.6 is 0 Å². The maximum absolute atomic E-state index is 11.8. The van der Waals surface area contributed by atoms with E-state index < -0.39 is 17.2 Å². The average molecular weight is 322 g/mol. The Labute approximate surface area is 139 Å². The lowest BCUT2D eigenvalue weighted by Crippen LogP contribution is -2.51. The molecule has 1 aromatic carbocycles. The zero-order chi connectivity index (χ0) is 17.5. The molecule has 1 amide bonds. The predicted molar refractivity (Wildman–Crippen MR) is 92.3 cm³/mol. The first-order valence-electron chi connectivity index (χ1n) is 7.90. The number of carbonyl (C=O) groups excluding carboxylic acids is 1. The predicted octanol–water partition coefficient (Wildman–Crippen LogP) is 3.23. The molecule has 2 N–H and O–H groups in total. The number of nitrogens with one attached hydrogen (secondary N) is 2. The van der Waals surface area contributed by atoms with E-state index in [2.05, 4.69) is 22.8 Å². The molecular formula is C18H30N2O3. The van der Waals surface area contributed by atoms with Crippen LogP contribution in [-0.2, 0) is 22.6 Å². The highest BCUT2D eigenvalue weighted by molar-refractivity contribution is 5.68. The van der Waals surface area contributed by atoms with Gasteiger partial charge >= 0.3 is 6.09 Å². The molecule has 5 nitrogen and oxygen atoms in total. The third kappa shape index (κ3) is 8.57. The van der Waals surface area contributed by atoms with Gasteiger partial charge in [-0.2, -0.15) is 0 Å². The van der Waals surface area contributed by atoms with E-state index in [1.165, 1.54) is 5.56 Å². The van der Waals surface area contributed by atoms with Gasteiger partial charge in [0.15, 0.2) is 0 Å². The lowest BCUT2D eigenvalue weighted by Gasteiger charge is -2.29. The van der Waals surface area contributed by atoms with E-state index in [0.29, 0.717) is 13.2 Å². The zero-order valence-electron chi connectivity index (χ0n) is 15.2. The third-order valence-corrected chi connectivity index (χ3v) is 3.04. The van der Waals surface area contributed by atoms with Crippen LogP contribution in [-0.4, -0.2) is 30.9 Å². The number of hydrogen-bond donors (Lipinski definition) is 2. The van der Waals surface area contributed by atoms with Crippen LogP contribution in [0.1, 0.15) is 45.7 Å². The Kier molecular flexibility index (Phi) is 7.03. The van der Waals surface area contributed by atoms with Crippen LogP contribution in [0.5, 0.6) is 0 Å². The molecule has 0 bridgehead atoms. The second-order valence-electron chi connectivity index (χ2n) is 7.37. The highest BCUT2D eigenvalue weighted by atomic mass is 16.6. The minimum Gasteiger partial charge on any atom is -0.444 e. The summed E-state index contributed by atoms with van der Waals surface area (Å²) in [5, 5.41) is 6.26. The molecule has 0 aliphatic heterocycles. The summed E-state index contributed by atoms with van der Waals surface area (Å²) in [5.41, 5.74) is 1.45. The van der Waals surface area contributed by atoms with Gasteiger partial charge in [-0.25, -0.2) is 4.79 Å². The van der Waals surface area contributed by atoms with Crippen LogP contribution in [0.25, 0.3) is 0 Å². The Bertz CT molecular complexity index is 507. The number of methoxy groups -OCH3 is 1. The van der Waals surface area contributed by atoms with Crippen molar-refractivity contribution in [2.24, 2.45) is 0 Å². The summed E-state index contributed by atoms with van der Waals surface area (Å²) in [6, 6.07) is 8.25. The van der Waals surface area contributed by atoms with E-state index in [4.69, 9.17) is 9.47 Å². The van der Waals surface area contributed by atoms with Crippen molar-refractivity contribution in [1.29, 1.82) is 0 Å². The molecule has 1 rings (SSSR count). The van der Waals surface area contributed by atoms with E-state index in [9.17, 15) is 4.79 Å². The number of ether oxygens (including phenoxy) is 2. The third-order valence-electron chi connectivity index (χ3n) is 3.04. The summed E-state index contributed by atoms with van der Waals surface area (Å²) < 4.78 is 10.4. The fourth-order valence-corrected chi connectivity index (χ4v) is 2.14. The molecule has 0 saturated heterocycles. The first kappa shape index (κ1) is 19.5. The normalized spacial score (nSPS) is 12.1. The van der Waals surface area contributed by atoms with Crippen molar-refractivity contribution >= 4 is 6.09 Å². The van der Waals surface area contributed by atoms with Gasteiger partial charge < -0.3 is 20.1 Å². The van der Waals surface area contributed by atoms with Gasteiger partial charge in [0.1, 0.15) is 5.60 Å². The number of hydrogen-bond acceptors (Lipinski definition) is 4. The summed E-state index contributed by atoms with van der Waals surface area (Å²) in [5.74, 6) is 0. The van der Waals surface area contributed by atoms with Crippen LogP contribution in [0, 0.1) is 0 Å². The summed E-state index contributed by atoms with van der Waals surface area (Å²) in [6.45, 7) is 11.5. The molecule has 0 spiro atoms. The van der Waals surface area contributed by atoms with Crippen LogP contribution in [0.15, 0.2) is 24.3 Å². The Balaban J connectivity index is 2.44. The Hall–Kier alpha value is -1.59. The maximum atomic E-state index is 11.8. The van der Waals surface area contributed by atoms with Gasteiger partial charge in [0.05, 0.1) is 12.1 Å². The fourth-order valence-electron chi connectivity index (χ4n) is 2.14. The molecular weight excluding hydrogens is 292 g/mol. The van der Waals surface area contributed by atoms with Gasteiger partial charge in [0.2, 0.25) is 0 Å². The second-order valence-corrected chi connectivity index (χ2v) is 7.37. The Morgan fingerprint density at radius 2 is 1.78 bits per heavy atom. The number of rotatable bonds is 7. The Morgan fingerprint density at radius 1 is 1.13 bits per heavy atom. The molecule has 0 heterocycles. The molecule has 0 aliphatic carbocycles. The van der Waals surface area contributed by atoms with Crippen molar-refractivity contribution in [3.63, 3.8) is 0 Å². The first-order valence-corrected chi connectivity index (χ1v) is 7.90. The monoisotopic (exact) mass is 322 g/mol. The summed E-state index contributed by atoms with van der Waals surface area (Å²) >= 11 is 0. The molecule has 0 fully saturated rings. The van der Waals surface area contributed by atoms with E-state index in [-0.39, 0.29) is 0 Å². The molecule has 0 radical (unpaired) electrons. The van der Waals surface area contributed by atoms with Crippen molar-refractivity contribution in [2.75, 3.05) is 13.7 Å². The zero-order valence-corrected chi connectivity index (χ0v) is 15.2. The van der Waals surface area contributed by atoms with Crippen molar-refractivity contribution in [1.82, 2.24) is 10.6 Å². The first-order chi connectivity index (χ1) is 10.6. The standard InChI is InChI=1S/C18H30N2O3/c1-17(2,3)23-16(21)20-18(4,5)13-19-11-14-8-7-9-15(10-14)12-22-6/h7-10,19H,11-13H2,1-6H3,(H,20,21). The van der Waals surface area contributed by atoms with E-state index in [0.717, 1.165) is 12.1 Å². The van der Waals surface area contributed by atoms with E-state index in [1.54, 1.807) is 7.11 Å². The van der Waals surface area contributed by atoms with Crippen molar-refractivity contribution < 1.29 is 14.3 Å². The summed E-state index contributed by atoms with van der Waals surface area (Å²) in [7, 11) is 1.69. The SMILES string of the molecule is COCc1cccc(CNCC(C)(C)NC(=O)OC(C)(C)C)c1. The molecule has 0 atom stereocenters. The van der Waals surface area contributed by atoms with Gasteiger partial charge in [-0.15, -0.1) is 0 Å². The largest absolute Gasteiger partial charge is 0.444 e. The van der Waals surface area contributed by atoms with E-state index in [1.807, 2.05) is 46.8 Å². The molecule has 23 heavy (non-hydrogen) atoms. The summed E-state index contributed by atoms with van der Waals surface area (Å²) in [4.78, 5) is 11.8. The number of amides is 1. The van der Waals surface area contributed by atoms with Crippen LogP contribution < -0.4 is 10.6 Å². The lowest BCUT2D eigenvalue weighted by atomic mass is 10.1. The molecule has 0 unspecified atom stereocenters. The molecule has 1 aromatic rings. The van der Waals surface area contributed by atoms with E-state index >= 15 is 0 Å². The van der Waals surface area contributed by atoms with Gasteiger partial charge in [0.25, 0.3) is 0 Å². The molecule has 0 aromatic heterocycles. The van der Waals surface area contributed by atoms with Crippen molar-refractivity contribution in [3.8, 4) is 0 Å². The van der Waals surface area contributed by atoms with Crippen molar-refractivity contribution in [2.45, 2.75) is 58.9 Å². The van der Waals surface area contributed by atoms with Gasteiger partial charge in [0, 0.05) is 20.2 Å².